The predicted octanol–water partition coefficient (Wildman–Crippen LogP) is 3.99. The highest BCUT2D eigenvalue weighted by molar-refractivity contribution is 8.00. The van der Waals surface area contributed by atoms with Crippen LogP contribution in [0.2, 0.25) is 5.02 Å². The number of amides is 1. The number of thioether (sulfide) groups is 1. The number of nitrogens with zero attached hydrogens (tertiary/aromatic N) is 3. The maximum Gasteiger partial charge on any atom is 0.263 e. The van der Waals surface area contributed by atoms with Crippen molar-refractivity contribution >= 4 is 50.8 Å². The van der Waals surface area contributed by atoms with Gasteiger partial charge in [0.05, 0.1) is 23.8 Å². The molecule has 0 aliphatic heterocycles. The van der Waals surface area contributed by atoms with Crippen LogP contribution in [0.15, 0.2) is 39.6 Å². The minimum absolute atomic E-state index is 0.0365. The lowest BCUT2D eigenvalue weighted by molar-refractivity contribution is -0.127. The summed E-state index contributed by atoms with van der Waals surface area (Å²) in [5.74, 6) is -0.0365. The van der Waals surface area contributed by atoms with E-state index in [0.29, 0.717) is 33.5 Å². The van der Waals surface area contributed by atoms with Crippen molar-refractivity contribution in [2.24, 2.45) is 0 Å². The summed E-state index contributed by atoms with van der Waals surface area (Å²) in [6.45, 7) is 2.52. The first kappa shape index (κ1) is 21.8. The summed E-state index contributed by atoms with van der Waals surface area (Å²) in [5, 5.41) is 3.17. The van der Waals surface area contributed by atoms with Crippen LogP contribution in [-0.2, 0) is 16.1 Å². The molecule has 29 heavy (non-hydrogen) atoms. The van der Waals surface area contributed by atoms with Gasteiger partial charge in [0.15, 0.2) is 5.16 Å². The fourth-order valence-corrected chi connectivity index (χ4v) is 5.22. The van der Waals surface area contributed by atoms with Crippen molar-refractivity contribution in [2.75, 3.05) is 27.8 Å². The van der Waals surface area contributed by atoms with Crippen LogP contribution in [0.25, 0.3) is 21.3 Å². The highest BCUT2D eigenvalue weighted by Gasteiger charge is 2.23. The second-order valence-electron chi connectivity index (χ2n) is 6.65. The third kappa shape index (κ3) is 4.50. The van der Waals surface area contributed by atoms with E-state index in [0.717, 1.165) is 11.1 Å². The van der Waals surface area contributed by atoms with Crippen LogP contribution in [-0.4, -0.2) is 53.4 Å². The maximum absolute atomic E-state index is 13.4. The molecule has 3 rings (SSSR count). The van der Waals surface area contributed by atoms with Gasteiger partial charge in [-0.1, -0.05) is 41.6 Å². The first-order valence-electron chi connectivity index (χ1n) is 8.98. The molecule has 0 fully saturated rings. The third-order valence-electron chi connectivity index (χ3n) is 4.41. The highest BCUT2D eigenvalue weighted by Crippen LogP contribution is 2.36. The van der Waals surface area contributed by atoms with Gasteiger partial charge >= 0.3 is 0 Å². The van der Waals surface area contributed by atoms with E-state index in [1.54, 1.807) is 31.8 Å². The smallest absolute Gasteiger partial charge is 0.263 e. The van der Waals surface area contributed by atoms with Crippen LogP contribution in [0.5, 0.6) is 0 Å². The van der Waals surface area contributed by atoms with E-state index in [4.69, 9.17) is 21.3 Å². The normalized spacial score (nSPS) is 12.3. The summed E-state index contributed by atoms with van der Waals surface area (Å²) in [6, 6.07) is 7.44. The molecule has 0 saturated carbocycles. The molecule has 0 N–H and O–H groups in total. The Hall–Kier alpha value is -1.87. The van der Waals surface area contributed by atoms with Crippen molar-refractivity contribution in [2.45, 2.75) is 23.9 Å². The molecule has 0 spiro atoms. The summed E-state index contributed by atoms with van der Waals surface area (Å²) < 4.78 is 6.77. The number of ether oxygens (including phenoxy) is 1. The standard InChI is InChI=1S/C20H22ClN3O3S2/c1-12(18(25)23(2)3)29-20-22-17-16(19(26)24(20)9-10-27-4)14(11-28-17)13-7-5-6-8-15(13)21/h5-8,11-12H,9-10H2,1-4H3/t12-/m0/s1. The van der Waals surface area contributed by atoms with Crippen molar-refractivity contribution in [1.82, 2.24) is 14.5 Å². The monoisotopic (exact) mass is 451 g/mol. The summed E-state index contributed by atoms with van der Waals surface area (Å²) in [7, 11) is 5.01. The number of benzene rings is 1. The zero-order chi connectivity index (χ0) is 21.1. The summed E-state index contributed by atoms with van der Waals surface area (Å²) in [5.41, 5.74) is 1.41. The lowest BCUT2D eigenvalue weighted by Crippen LogP contribution is -2.31. The molecule has 2 heterocycles. The quantitative estimate of drug-likeness (QED) is 0.401. The van der Waals surface area contributed by atoms with Crippen molar-refractivity contribution in [3.05, 3.63) is 45.0 Å². The number of methoxy groups -OCH3 is 1. The third-order valence-corrected chi connectivity index (χ3v) is 6.69. The molecule has 9 heteroatoms. The molecule has 1 aromatic carbocycles. The van der Waals surface area contributed by atoms with E-state index < -0.39 is 0 Å². The number of carbonyl (C=O) groups is 1. The number of thiophene rings is 1. The van der Waals surface area contributed by atoms with E-state index >= 15 is 0 Å². The zero-order valence-corrected chi connectivity index (χ0v) is 19.0. The van der Waals surface area contributed by atoms with Gasteiger partial charge in [0.25, 0.3) is 5.56 Å². The van der Waals surface area contributed by atoms with Gasteiger partial charge in [-0.2, -0.15) is 0 Å². The SMILES string of the molecule is COCCn1c(S[C@@H](C)C(=O)N(C)C)nc2scc(-c3ccccc3Cl)c2c1=O. The largest absolute Gasteiger partial charge is 0.383 e. The molecule has 1 amide bonds. The van der Waals surface area contributed by atoms with E-state index in [2.05, 4.69) is 0 Å². The van der Waals surface area contributed by atoms with Gasteiger partial charge in [0.1, 0.15) is 4.83 Å². The molecular weight excluding hydrogens is 430 g/mol. The number of aromatic nitrogens is 2. The molecule has 2 aromatic heterocycles. The number of hydrogen-bond donors (Lipinski definition) is 0. The second kappa shape index (κ2) is 9.30. The van der Waals surface area contributed by atoms with Gasteiger partial charge < -0.3 is 9.64 Å². The minimum Gasteiger partial charge on any atom is -0.383 e. The Labute approximate surface area is 182 Å². The first-order chi connectivity index (χ1) is 13.8. The average Bonchev–Trinajstić information content (AvgIpc) is 3.11. The van der Waals surface area contributed by atoms with Crippen LogP contribution in [0.1, 0.15) is 6.92 Å². The number of carbonyl (C=O) groups excluding carboxylic acids is 1. The molecule has 0 aliphatic carbocycles. The number of halogens is 1. The predicted molar refractivity (Wildman–Crippen MR) is 120 cm³/mol. The summed E-state index contributed by atoms with van der Waals surface area (Å²) in [4.78, 5) is 32.6. The molecule has 0 aliphatic rings. The Balaban J connectivity index is 2.15. The van der Waals surface area contributed by atoms with Crippen LogP contribution < -0.4 is 5.56 Å². The maximum atomic E-state index is 13.4. The second-order valence-corrected chi connectivity index (χ2v) is 9.22. The van der Waals surface area contributed by atoms with Crippen LogP contribution in [0.3, 0.4) is 0 Å². The minimum atomic E-state index is -0.369. The van der Waals surface area contributed by atoms with Gasteiger partial charge in [-0.15, -0.1) is 11.3 Å². The van der Waals surface area contributed by atoms with Crippen molar-refractivity contribution < 1.29 is 9.53 Å². The Bertz CT molecular complexity index is 1090. The Kier molecular flexibility index (Phi) is 7.00. The summed E-state index contributed by atoms with van der Waals surface area (Å²) >= 11 is 9.04. The molecule has 0 bridgehead atoms. The molecule has 6 nitrogen and oxygen atoms in total. The molecule has 0 unspecified atom stereocenters. The molecule has 154 valence electrons. The lowest BCUT2D eigenvalue weighted by atomic mass is 10.1. The Morgan fingerprint density at radius 2 is 2.07 bits per heavy atom. The molecular formula is C20H22ClN3O3S2. The zero-order valence-electron chi connectivity index (χ0n) is 16.6. The van der Waals surface area contributed by atoms with Crippen molar-refractivity contribution in [3.63, 3.8) is 0 Å². The molecule has 0 radical (unpaired) electrons. The fourth-order valence-electron chi connectivity index (χ4n) is 2.93. The molecule has 0 saturated heterocycles. The number of fused-ring (bicyclic) bond motifs is 1. The highest BCUT2D eigenvalue weighted by atomic mass is 35.5. The Morgan fingerprint density at radius 1 is 1.34 bits per heavy atom. The fraction of sp³-hybridized carbons (Fsp3) is 0.350. The average molecular weight is 452 g/mol. The van der Waals surface area contributed by atoms with Gasteiger partial charge in [-0.3, -0.25) is 14.2 Å². The van der Waals surface area contributed by atoms with E-state index in [1.807, 2.05) is 30.5 Å². The molecule has 1 atom stereocenters. The van der Waals surface area contributed by atoms with E-state index in [1.165, 1.54) is 28.0 Å². The number of rotatable bonds is 7. The topological polar surface area (TPSA) is 64.4 Å². The van der Waals surface area contributed by atoms with Crippen LogP contribution in [0, 0.1) is 0 Å². The van der Waals surface area contributed by atoms with Gasteiger partial charge in [0, 0.05) is 42.7 Å². The Morgan fingerprint density at radius 3 is 2.72 bits per heavy atom. The lowest BCUT2D eigenvalue weighted by Gasteiger charge is -2.18. The summed E-state index contributed by atoms with van der Waals surface area (Å²) in [6.07, 6.45) is 0. The molecule has 3 aromatic rings. The van der Waals surface area contributed by atoms with E-state index in [9.17, 15) is 9.59 Å². The van der Waals surface area contributed by atoms with Gasteiger partial charge in [-0.25, -0.2) is 4.98 Å². The van der Waals surface area contributed by atoms with Gasteiger partial charge in [-0.05, 0) is 13.0 Å². The van der Waals surface area contributed by atoms with Gasteiger partial charge in [0.2, 0.25) is 5.91 Å². The van der Waals surface area contributed by atoms with Crippen molar-refractivity contribution in [1.29, 1.82) is 0 Å². The van der Waals surface area contributed by atoms with Crippen LogP contribution in [0.4, 0.5) is 0 Å². The van der Waals surface area contributed by atoms with Crippen LogP contribution >= 0.6 is 34.7 Å². The first-order valence-corrected chi connectivity index (χ1v) is 11.1. The number of hydrogen-bond acceptors (Lipinski definition) is 6. The van der Waals surface area contributed by atoms with Crippen molar-refractivity contribution in [3.8, 4) is 11.1 Å². The van der Waals surface area contributed by atoms with E-state index in [-0.39, 0.29) is 16.7 Å².